The Morgan fingerprint density at radius 2 is 1.83 bits per heavy atom. The largest absolute Gasteiger partial charge is 0.455 e. The fourth-order valence-corrected chi connectivity index (χ4v) is 3.37. The van der Waals surface area contributed by atoms with E-state index in [1.807, 2.05) is 45.9 Å². The summed E-state index contributed by atoms with van der Waals surface area (Å²) >= 11 is 6.13. The van der Waals surface area contributed by atoms with Gasteiger partial charge in [-0.25, -0.2) is 4.79 Å². The van der Waals surface area contributed by atoms with E-state index in [4.69, 9.17) is 21.1 Å². The molecule has 1 heterocycles. The Kier molecular flexibility index (Phi) is 7.90. The Balaban J connectivity index is 1.74. The number of halogens is 1. The van der Waals surface area contributed by atoms with Gasteiger partial charge < -0.3 is 19.7 Å². The monoisotopic (exact) mass is 424 g/mol. The molecule has 0 saturated carbocycles. The maximum absolute atomic E-state index is 12.3. The third-order valence-corrected chi connectivity index (χ3v) is 4.92. The van der Waals surface area contributed by atoms with Gasteiger partial charge in [0.25, 0.3) is 5.91 Å². The smallest absolute Gasteiger partial charge is 0.410 e. The lowest BCUT2D eigenvalue weighted by molar-refractivity contribution is -0.154. The minimum Gasteiger partial charge on any atom is -0.455 e. The van der Waals surface area contributed by atoms with Gasteiger partial charge in [-0.1, -0.05) is 29.8 Å². The van der Waals surface area contributed by atoms with E-state index in [1.165, 1.54) is 0 Å². The van der Waals surface area contributed by atoms with Crippen LogP contribution in [-0.4, -0.2) is 48.2 Å². The number of rotatable bonds is 5. The molecule has 8 heteroatoms. The maximum Gasteiger partial charge on any atom is 0.410 e. The van der Waals surface area contributed by atoms with Gasteiger partial charge >= 0.3 is 12.1 Å². The summed E-state index contributed by atoms with van der Waals surface area (Å²) in [5.74, 6) is -1.14. The fourth-order valence-electron chi connectivity index (χ4n) is 3.07. The van der Waals surface area contributed by atoms with Crippen LogP contribution >= 0.6 is 11.6 Å². The molecule has 1 aromatic carbocycles. The van der Waals surface area contributed by atoms with Gasteiger partial charge in [-0.3, -0.25) is 9.59 Å². The normalized spacial score (nSPS) is 16.1. The van der Waals surface area contributed by atoms with Gasteiger partial charge in [-0.05, 0) is 52.2 Å². The van der Waals surface area contributed by atoms with E-state index in [0.29, 0.717) is 31.0 Å². The third-order valence-electron chi connectivity index (χ3n) is 4.57. The Morgan fingerprint density at radius 1 is 1.21 bits per heavy atom. The summed E-state index contributed by atoms with van der Waals surface area (Å²) in [7, 11) is 0. The summed E-state index contributed by atoms with van der Waals surface area (Å²) in [4.78, 5) is 38.0. The van der Waals surface area contributed by atoms with Gasteiger partial charge in [0.2, 0.25) is 0 Å². The number of amides is 2. The molecule has 1 saturated heterocycles. The number of carbonyl (C=O) groups excluding carboxylic acids is 3. The van der Waals surface area contributed by atoms with E-state index in [0.717, 1.165) is 5.56 Å². The maximum atomic E-state index is 12.3. The molecular formula is C21H29ClN2O5. The first-order chi connectivity index (χ1) is 13.6. The van der Waals surface area contributed by atoms with Crippen LogP contribution in [0.15, 0.2) is 24.3 Å². The quantitative estimate of drug-likeness (QED) is 0.728. The highest BCUT2D eigenvalue weighted by Gasteiger charge is 2.31. The van der Waals surface area contributed by atoms with Crippen molar-refractivity contribution < 1.29 is 23.9 Å². The highest BCUT2D eigenvalue weighted by atomic mass is 35.5. The first-order valence-corrected chi connectivity index (χ1v) is 10.1. The van der Waals surface area contributed by atoms with Gasteiger partial charge in [0.15, 0.2) is 6.61 Å². The van der Waals surface area contributed by atoms with Crippen LogP contribution in [0.2, 0.25) is 5.02 Å². The van der Waals surface area contributed by atoms with E-state index >= 15 is 0 Å². The number of likely N-dealkylation sites (tertiary alicyclic amines) is 1. The topological polar surface area (TPSA) is 84.9 Å². The zero-order valence-corrected chi connectivity index (χ0v) is 18.1. The number of benzene rings is 1. The standard InChI is InChI=1S/C21H29ClN2O5/c1-14(16-7-5-6-8-17(16)22)23-18(25)13-28-19(26)15-9-11-24(12-10-15)20(27)29-21(2,3)4/h5-8,14-15H,9-13H2,1-4H3,(H,23,25)/t14-/m0/s1. The van der Waals surface area contributed by atoms with Crippen LogP contribution in [0.4, 0.5) is 4.79 Å². The number of esters is 1. The summed E-state index contributed by atoms with van der Waals surface area (Å²) in [5.41, 5.74) is 0.241. The molecule has 1 atom stereocenters. The molecule has 1 aliphatic rings. The summed E-state index contributed by atoms with van der Waals surface area (Å²) in [6.07, 6.45) is 0.586. The summed E-state index contributed by atoms with van der Waals surface area (Å²) in [6, 6.07) is 6.94. The van der Waals surface area contributed by atoms with Crippen molar-refractivity contribution in [3.05, 3.63) is 34.9 Å². The van der Waals surface area contributed by atoms with Crippen molar-refractivity contribution in [2.75, 3.05) is 19.7 Å². The average molecular weight is 425 g/mol. The molecule has 2 amide bonds. The van der Waals surface area contributed by atoms with Crippen molar-refractivity contribution >= 4 is 29.6 Å². The SMILES string of the molecule is C[C@H](NC(=O)COC(=O)C1CCN(C(=O)OC(C)(C)C)CC1)c1ccccc1Cl. The highest BCUT2D eigenvalue weighted by Crippen LogP contribution is 2.23. The summed E-state index contributed by atoms with van der Waals surface area (Å²) in [6.45, 7) is 7.74. The second-order valence-corrected chi connectivity index (χ2v) is 8.57. The van der Waals surface area contributed by atoms with E-state index in [9.17, 15) is 14.4 Å². The molecule has 0 aromatic heterocycles. The lowest BCUT2D eigenvalue weighted by atomic mass is 9.97. The molecule has 0 aliphatic carbocycles. The third kappa shape index (κ3) is 7.24. The van der Waals surface area contributed by atoms with Crippen LogP contribution < -0.4 is 5.32 Å². The molecule has 1 aliphatic heterocycles. The van der Waals surface area contributed by atoms with E-state index in [2.05, 4.69) is 5.32 Å². The molecule has 1 N–H and O–H groups in total. The number of hydrogen-bond donors (Lipinski definition) is 1. The molecule has 160 valence electrons. The van der Waals surface area contributed by atoms with Gasteiger partial charge in [0.05, 0.1) is 12.0 Å². The molecule has 1 aromatic rings. The lowest BCUT2D eigenvalue weighted by Gasteiger charge is -2.32. The van der Waals surface area contributed by atoms with Crippen molar-refractivity contribution in [2.45, 2.75) is 52.2 Å². The summed E-state index contributed by atoms with van der Waals surface area (Å²) < 4.78 is 10.5. The molecule has 0 radical (unpaired) electrons. The molecule has 0 unspecified atom stereocenters. The van der Waals surface area contributed by atoms with Crippen molar-refractivity contribution in [2.24, 2.45) is 5.92 Å². The van der Waals surface area contributed by atoms with E-state index in [1.54, 1.807) is 11.0 Å². The van der Waals surface area contributed by atoms with E-state index < -0.39 is 17.5 Å². The fraction of sp³-hybridized carbons (Fsp3) is 0.571. The van der Waals surface area contributed by atoms with Gasteiger partial charge in [-0.2, -0.15) is 0 Å². The van der Waals surface area contributed by atoms with E-state index in [-0.39, 0.29) is 24.7 Å². The molecule has 0 bridgehead atoms. The minimum atomic E-state index is -0.554. The first kappa shape index (κ1) is 23.0. The minimum absolute atomic E-state index is 0.299. The van der Waals surface area contributed by atoms with Gasteiger partial charge in [0, 0.05) is 18.1 Å². The number of hydrogen-bond acceptors (Lipinski definition) is 5. The zero-order valence-electron chi connectivity index (χ0n) is 17.4. The Morgan fingerprint density at radius 3 is 2.41 bits per heavy atom. The lowest BCUT2D eigenvalue weighted by Crippen LogP contribution is -2.43. The Hall–Kier alpha value is -2.28. The van der Waals surface area contributed by atoms with Crippen LogP contribution in [0.5, 0.6) is 0 Å². The number of nitrogens with one attached hydrogen (secondary N) is 1. The van der Waals surface area contributed by atoms with Gasteiger partial charge in [0.1, 0.15) is 5.60 Å². The van der Waals surface area contributed by atoms with Crippen LogP contribution in [0.25, 0.3) is 0 Å². The molecule has 0 spiro atoms. The predicted octanol–water partition coefficient (Wildman–Crippen LogP) is 3.71. The van der Waals surface area contributed by atoms with Gasteiger partial charge in [-0.15, -0.1) is 0 Å². The second kappa shape index (κ2) is 9.96. The van der Waals surface area contributed by atoms with Crippen LogP contribution in [0.3, 0.4) is 0 Å². The van der Waals surface area contributed by atoms with Crippen LogP contribution in [0, 0.1) is 5.92 Å². The van der Waals surface area contributed by atoms with Crippen molar-refractivity contribution in [1.82, 2.24) is 10.2 Å². The Labute approximate surface area is 176 Å². The number of carbonyl (C=O) groups is 3. The number of piperidine rings is 1. The van der Waals surface area contributed by atoms with Crippen molar-refractivity contribution in [1.29, 1.82) is 0 Å². The zero-order chi connectivity index (χ0) is 21.6. The molecular weight excluding hydrogens is 396 g/mol. The highest BCUT2D eigenvalue weighted by molar-refractivity contribution is 6.31. The number of ether oxygens (including phenoxy) is 2. The summed E-state index contributed by atoms with van der Waals surface area (Å²) in [5, 5.41) is 3.33. The molecule has 29 heavy (non-hydrogen) atoms. The molecule has 7 nitrogen and oxygen atoms in total. The molecule has 2 rings (SSSR count). The van der Waals surface area contributed by atoms with Crippen LogP contribution in [0.1, 0.15) is 52.1 Å². The average Bonchev–Trinajstić information content (AvgIpc) is 2.65. The first-order valence-electron chi connectivity index (χ1n) is 9.75. The molecule has 1 fully saturated rings. The second-order valence-electron chi connectivity index (χ2n) is 8.16. The van der Waals surface area contributed by atoms with Crippen molar-refractivity contribution in [3.63, 3.8) is 0 Å². The number of nitrogens with zero attached hydrogens (tertiary/aromatic N) is 1. The Bertz CT molecular complexity index is 739. The van der Waals surface area contributed by atoms with Crippen molar-refractivity contribution in [3.8, 4) is 0 Å². The predicted molar refractivity (Wildman–Crippen MR) is 109 cm³/mol. The van der Waals surface area contributed by atoms with Crippen LogP contribution in [-0.2, 0) is 19.1 Å².